The molecule has 27 heavy (non-hydrogen) atoms. The van der Waals surface area contributed by atoms with Gasteiger partial charge in [0.2, 0.25) is 0 Å². The molecule has 1 aliphatic rings. The molecule has 3 aromatic rings. The number of nitrogens with zero attached hydrogens (tertiary/aromatic N) is 2. The molecule has 5 heteroatoms. The first-order valence-electron chi connectivity index (χ1n) is 9.30. The summed E-state index contributed by atoms with van der Waals surface area (Å²) in [6, 6.07) is 21.2. The normalized spacial score (nSPS) is 14.2. The van der Waals surface area contributed by atoms with Crippen molar-refractivity contribution in [2.75, 3.05) is 13.2 Å². The fourth-order valence-corrected chi connectivity index (χ4v) is 3.46. The summed E-state index contributed by atoms with van der Waals surface area (Å²) in [6.07, 6.45) is 6.17. The molecule has 0 N–H and O–H groups in total. The van der Waals surface area contributed by atoms with Crippen LogP contribution in [0.15, 0.2) is 73.1 Å². The third-order valence-electron chi connectivity index (χ3n) is 4.75. The highest BCUT2D eigenvalue weighted by Crippen LogP contribution is 2.21. The molecule has 1 aliphatic heterocycles. The number of imidazole rings is 1. The van der Waals surface area contributed by atoms with Crippen molar-refractivity contribution in [2.24, 2.45) is 0 Å². The monoisotopic (exact) mass is 428 g/mol. The van der Waals surface area contributed by atoms with Crippen molar-refractivity contribution < 1.29 is 31.0 Å². The number of aryl methyl sites for hydroxylation is 2. The summed E-state index contributed by atoms with van der Waals surface area (Å²) >= 11 is 0. The van der Waals surface area contributed by atoms with E-state index in [1.807, 2.05) is 6.07 Å². The molecule has 1 fully saturated rings. The fraction of sp³-hybridized carbons (Fsp3) is 0.318. The Morgan fingerprint density at radius 3 is 2.19 bits per heavy atom. The lowest BCUT2D eigenvalue weighted by Gasteiger charge is -2.10. The molecule has 1 aromatic heterocycles. The number of hydrogen-bond donors (Lipinski definition) is 0. The number of rotatable bonds is 7. The molecule has 4 rings (SSSR count). The summed E-state index contributed by atoms with van der Waals surface area (Å²) in [7, 11) is 0. The van der Waals surface area contributed by atoms with Gasteiger partial charge in [0.15, 0.2) is 0 Å². The molecule has 0 bridgehead atoms. The summed E-state index contributed by atoms with van der Waals surface area (Å²) in [5, 5.41) is 0. The van der Waals surface area contributed by atoms with Crippen LogP contribution in [0.4, 0.5) is 0 Å². The lowest BCUT2D eigenvalue weighted by molar-refractivity contribution is -0.701. The lowest BCUT2D eigenvalue weighted by Crippen LogP contribution is -3.00. The summed E-state index contributed by atoms with van der Waals surface area (Å²) < 4.78 is 16.2. The Kier molecular flexibility index (Phi) is 7.21. The third-order valence-corrected chi connectivity index (χ3v) is 4.75. The summed E-state index contributed by atoms with van der Waals surface area (Å²) in [6.45, 7) is 3.09. The van der Waals surface area contributed by atoms with Gasteiger partial charge in [0.05, 0.1) is 19.8 Å². The average Bonchev–Trinajstić information content (AvgIpc) is 3.33. The molecule has 0 radical (unpaired) electrons. The van der Waals surface area contributed by atoms with E-state index in [1.54, 1.807) is 0 Å². The zero-order valence-corrected chi connectivity index (χ0v) is 16.9. The number of ether oxygens (including phenoxy) is 2. The van der Waals surface area contributed by atoms with E-state index in [0.29, 0.717) is 13.2 Å². The highest BCUT2D eigenvalue weighted by Gasteiger charge is 2.31. The van der Waals surface area contributed by atoms with Gasteiger partial charge in [-0.25, -0.2) is 9.13 Å². The second-order valence-corrected chi connectivity index (χ2v) is 6.63. The van der Waals surface area contributed by atoms with Crippen LogP contribution in [0.25, 0.3) is 0 Å². The van der Waals surface area contributed by atoms with Gasteiger partial charge in [-0.2, -0.15) is 0 Å². The Morgan fingerprint density at radius 2 is 1.52 bits per heavy atom. The Morgan fingerprint density at radius 1 is 0.889 bits per heavy atom. The van der Waals surface area contributed by atoms with Crippen molar-refractivity contribution in [1.29, 1.82) is 0 Å². The summed E-state index contributed by atoms with van der Waals surface area (Å²) in [5.74, 6) is 1.10. The van der Waals surface area contributed by atoms with Crippen molar-refractivity contribution in [3.63, 3.8) is 0 Å². The van der Waals surface area contributed by atoms with Crippen molar-refractivity contribution in [2.45, 2.75) is 32.2 Å². The topological polar surface area (TPSA) is 27.3 Å². The highest BCUT2D eigenvalue weighted by molar-refractivity contribution is 5.15. The first-order chi connectivity index (χ1) is 12.9. The van der Waals surface area contributed by atoms with Crippen LogP contribution in [-0.4, -0.2) is 17.8 Å². The minimum absolute atomic E-state index is 0. The molecular weight excluding hydrogens is 404 g/mol. The average molecular weight is 429 g/mol. The van der Waals surface area contributed by atoms with Crippen LogP contribution in [0.2, 0.25) is 0 Å². The van der Waals surface area contributed by atoms with Crippen molar-refractivity contribution in [1.82, 2.24) is 4.57 Å². The second-order valence-electron chi connectivity index (χ2n) is 6.63. The van der Waals surface area contributed by atoms with Crippen LogP contribution >= 0.6 is 0 Å². The standard InChI is InChI=1S/C22H25N2O2.BrH/c1-3-8-19(9-4-1)12-7-13-23-14-15-24(18-20-10-5-2-6-11-20)21(23)22-25-16-17-26-22;/h1-6,8-11,14-15,22H,7,12-13,16-18H2;1H/q+1;/p-1. The Labute approximate surface area is 171 Å². The van der Waals surface area contributed by atoms with Crippen molar-refractivity contribution in [3.8, 4) is 0 Å². The largest absolute Gasteiger partial charge is 1.00 e. The quantitative estimate of drug-likeness (QED) is 0.512. The van der Waals surface area contributed by atoms with E-state index in [2.05, 4.69) is 76.1 Å². The van der Waals surface area contributed by atoms with Gasteiger partial charge in [0, 0.05) is 0 Å². The van der Waals surface area contributed by atoms with Crippen LogP contribution in [0.3, 0.4) is 0 Å². The molecule has 2 aromatic carbocycles. The zero-order chi connectivity index (χ0) is 17.6. The Hall–Kier alpha value is -1.95. The van der Waals surface area contributed by atoms with E-state index in [4.69, 9.17) is 9.47 Å². The minimum Gasteiger partial charge on any atom is -1.00 e. The van der Waals surface area contributed by atoms with E-state index >= 15 is 0 Å². The first-order valence-corrected chi connectivity index (χ1v) is 9.30. The van der Waals surface area contributed by atoms with Crippen LogP contribution < -0.4 is 21.5 Å². The van der Waals surface area contributed by atoms with Gasteiger partial charge in [-0.1, -0.05) is 60.7 Å². The van der Waals surface area contributed by atoms with Gasteiger partial charge in [-0.15, -0.1) is 0 Å². The van der Waals surface area contributed by atoms with Crippen LogP contribution in [0.1, 0.15) is 29.7 Å². The Balaban J connectivity index is 0.00000210. The molecule has 1 saturated heterocycles. The van der Waals surface area contributed by atoms with E-state index in [9.17, 15) is 0 Å². The van der Waals surface area contributed by atoms with E-state index < -0.39 is 0 Å². The number of benzene rings is 2. The Bertz CT molecular complexity index is 815. The number of aromatic nitrogens is 2. The van der Waals surface area contributed by atoms with Crippen LogP contribution in [0, 0.1) is 0 Å². The third kappa shape index (κ3) is 5.06. The molecule has 4 nitrogen and oxygen atoms in total. The van der Waals surface area contributed by atoms with Gasteiger partial charge in [0.1, 0.15) is 18.9 Å². The van der Waals surface area contributed by atoms with E-state index in [1.165, 1.54) is 11.1 Å². The van der Waals surface area contributed by atoms with E-state index in [0.717, 1.165) is 31.8 Å². The minimum atomic E-state index is -0.273. The van der Waals surface area contributed by atoms with E-state index in [-0.39, 0.29) is 23.3 Å². The van der Waals surface area contributed by atoms with Crippen molar-refractivity contribution >= 4 is 0 Å². The first kappa shape index (κ1) is 19.8. The number of halogens is 1. The van der Waals surface area contributed by atoms with Gasteiger partial charge < -0.3 is 26.5 Å². The maximum atomic E-state index is 5.82. The van der Waals surface area contributed by atoms with Gasteiger partial charge in [-0.3, -0.25) is 0 Å². The van der Waals surface area contributed by atoms with Gasteiger partial charge in [0.25, 0.3) is 6.29 Å². The molecule has 0 atom stereocenters. The molecule has 0 unspecified atom stereocenters. The maximum Gasteiger partial charge on any atom is 0.314 e. The molecule has 0 saturated carbocycles. The molecule has 0 aliphatic carbocycles. The molecule has 2 heterocycles. The molecule has 142 valence electrons. The molecule has 0 amide bonds. The van der Waals surface area contributed by atoms with Gasteiger partial charge >= 0.3 is 5.82 Å². The predicted molar refractivity (Wildman–Crippen MR) is 99.6 cm³/mol. The summed E-state index contributed by atoms with van der Waals surface area (Å²) in [4.78, 5) is 0. The van der Waals surface area contributed by atoms with Crippen LogP contribution in [0.5, 0.6) is 0 Å². The highest BCUT2D eigenvalue weighted by atomic mass is 79.9. The SMILES string of the molecule is [Br-].c1ccc(CCCn2cc[n+](Cc3ccccc3)c2C2OCCO2)cc1. The maximum absolute atomic E-state index is 5.82. The summed E-state index contributed by atoms with van der Waals surface area (Å²) in [5.41, 5.74) is 2.66. The molecule has 0 spiro atoms. The van der Waals surface area contributed by atoms with Gasteiger partial charge in [-0.05, 0) is 24.0 Å². The second kappa shape index (κ2) is 9.83. The predicted octanol–water partition coefficient (Wildman–Crippen LogP) is 0.506. The fourth-order valence-electron chi connectivity index (χ4n) is 3.46. The smallest absolute Gasteiger partial charge is 0.314 e. The number of hydrogen-bond acceptors (Lipinski definition) is 2. The lowest BCUT2D eigenvalue weighted by atomic mass is 10.1. The molecular formula is C22H25BrN2O2. The van der Waals surface area contributed by atoms with Crippen molar-refractivity contribution in [3.05, 3.63) is 90.0 Å². The zero-order valence-electron chi connectivity index (χ0n) is 15.3. The van der Waals surface area contributed by atoms with Crippen LogP contribution in [-0.2, 0) is 29.0 Å².